The number of benzene rings is 1. The van der Waals surface area contributed by atoms with E-state index < -0.39 is 0 Å². The van der Waals surface area contributed by atoms with Gasteiger partial charge in [0.05, 0.1) is 5.52 Å². The molecule has 2 fully saturated rings. The lowest BCUT2D eigenvalue weighted by molar-refractivity contribution is 0.116. The zero-order valence-electron chi connectivity index (χ0n) is 23.3. The highest BCUT2D eigenvalue weighted by Gasteiger charge is 2.30. The molecule has 0 radical (unpaired) electrons. The molecule has 2 aromatic rings. The van der Waals surface area contributed by atoms with Crippen LogP contribution >= 0.6 is 0 Å². The van der Waals surface area contributed by atoms with Crippen LogP contribution in [0.5, 0.6) is 0 Å². The van der Waals surface area contributed by atoms with Gasteiger partial charge in [-0.05, 0) is 118 Å². The van der Waals surface area contributed by atoms with Crippen molar-refractivity contribution >= 4 is 10.9 Å². The Labute approximate surface area is 221 Å². The highest BCUT2D eigenvalue weighted by molar-refractivity contribution is 5.84. The minimum Gasteiger partial charge on any atom is -0.381 e. The van der Waals surface area contributed by atoms with Crippen LogP contribution in [0.25, 0.3) is 10.9 Å². The van der Waals surface area contributed by atoms with Crippen molar-refractivity contribution in [1.82, 2.24) is 4.98 Å². The molecule has 1 aromatic heterocycles. The summed E-state index contributed by atoms with van der Waals surface area (Å²) in [5.74, 6) is 4.56. The molecule has 5 rings (SSSR count). The number of fused-ring (bicyclic) bond motifs is 3. The Balaban J connectivity index is 1.12. The molecule has 1 saturated heterocycles. The Morgan fingerprint density at radius 2 is 1.64 bits per heavy atom. The van der Waals surface area contributed by atoms with Gasteiger partial charge in [0.1, 0.15) is 0 Å². The van der Waals surface area contributed by atoms with Gasteiger partial charge in [0.25, 0.3) is 0 Å². The maximum Gasteiger partial charge on any atom is 0.0705 e. The van der Waals surface area contributed by atoms with Gasteiger partial charge in [-0.1, -0.05) is 63.5 Å². The summed E-state index contributed by atoms with van der Waals surface area (Å²) in [4.78, 5) is 4.80. The van der Waals surface area contributed by atoms with E-state index in [2.05, 4.69) is 38.2 Å². The largest absolute Gasteiger partial charge is 0.381 e. The van der Waals surface area contributed by atoms with E-state index in [1.165, 1.54) is 125 Å². The minimum absolute atomic E-state index is 0.740. The molecule has 0 spiro atoms. The molecule has 1 saturated carbocycles. The molecule has 2 aliphatic carbocycles. The average Bonchev–Trinajstić information content (AvgIpc) is 2.90. The Morgan fingerprint density at radius 3 is 2.44 bits per heavy atom. The third kappa shape index (κ3) is 6.72. The van der Waals surface area contributed by atoms with E-state index in [1.807, 2.05) is 0 Å². The first kappa shape index (κ1) is 26.2. The van der Waals surface area contributed by atoms with Crippen LogP contribution in [0.1, 0.15) is 126 Å². The highest BCUT2D eigenvalue weighted by Crippen LogP contribution is 2.44. The van der Waals surface area contributed by atoms with E-state index in [0.29, 0.717) is 0 Å². The smallest absolute Gasteiger partial charge is 0.0705 e. The van der Waals surface area contributed by atoms with Crippen LogP contribution < -0.4 is 0 Å². The summed E-state index contributed by atoms with van der Waals surface area (Å²) in [6.07, 6.45) is 24.6. The van der Waals surface area contributed by atoms with Crippen LogP contribution in [0.3, 0.4) is 0 Å². The van der Waals surface area contributed by atoms with Crippen molar-refractivity contribution in [3.05, 3.63) is 41.1 Å². The summed E-state index contributed by atoms with van der Waals surface area (Å²) in [6.45, 7) is 6.80. The second kappa shape index (κ2) is 12.9. The summed E-state index contributed by atoms with van der Waals surface area (Å²) in [6, 6.07) is 6.85. The second-order valence-electron chi connectivity index (χ2n) is 12.8. The first-order valence-electron chi connectivity index (χ1n) is 15.6. The number of hydrogen-bond acceptors (Lipinski definition) is 2. The maximum atomic E-state index is 5.72. The Morgan fingerprint density at radius 1 is 0.833 bits per heavy atom. The first-order valence-corrected chi connectivity index (χ1v) is 15.6. The lowest BCUT2D eigenvalue weighted by Gasteiger charge is -2.36. The Hall–Kier alpha value is -1.41. The molecule has 0 N–H and O–H groups in total. The number of aryl methyl sites for hydroxylation is 2. The van der Waals surface area contributed by atoms with Crippen molar-refractivity contribution in [2.45, 2.75) is 122 Å². The van der Waals surface area contributed by atoms with Crippen molar-refractivity contribution in [1.29, 1.82) is 0 Å². The number of aromatic nitrogens is 1. The molecular formula is C34H51NO. The van der Waals surface area contributed by atoms with Gasteiger partial charge in [0, 0.05) is 24.8 Å². The molecule has 0 amide bonds. The van der Waals surface area contributed by atoms with Gasteiger partial charge in [-0.15, -0.1) is 0 Å². The minimum atomic E-state index is 0.740. The molecule has 0 bridgehead atoms. The molecule has 4 unspecified atom stereocenters. The van der Waals surface area contributed by atoms with Crippen molar-refractivity contribution in [2.75, 3.05) is 13.2 Å². The third-order valence-corrected chi connectivity index (χ3v) is 10.2. The first-order chi connectivity index (χ1) is 17.7. The van der Waals surface area contributed by atoms with Gasteiger partial charge < -0.3 is 4.74 Å². The molecule has 2 nitrogen and oxygen atoms in total. The lowest BCUT2D eigenvalue weighted by Crippen LogP contribution is -2.24. The zero-order valence-corrected chi connectivity index (χ0v) is 23.3. The monoisotopic (exact) mass is 489 g/mol. The topological polar surface area (TPSA) is 22.1 Å². The van der Waals surface area contributed by atoms with Crippen molar-refractivity contribution < 1.29 is 4.74 Å². The predicted molar refractivity (Wildman–Crippen MR) is 153 cm³/mol. The average molecular weight is 490 g/mol. The fourth-order valence-electron chi connectivity index (χ4n) is 7.98. The fraction of sp³-hybridized carbons (Fsp3) is 0.735. The van der Waals surface area contributed by atoms with Gasteiger partial charge in [-0.2, -0.15) is 0 Å². The predicted octanol–water partition coefficient (Wildman–Crippen LogP) is 9.56. The van der Waals surface area contributed by atoms with Gasteiger partial charge in [0.15, 0.2) is 0 Å². The molecule has 1 aromatic carbocycles. The van der Waals surface area contributed by atoms with Crippen molar-refractivity contribution in [3.8, 4) is 0 Å². The van der Waals surface area contributed by atoms with Crippen LogP contribution in [0.15, 0.2) is 24.4 Å². The fourth-order valence-corrected chi connectivity index (χ4v) is 7.98. The molecule has 2 heterocycles. The maximum absolute atomic E-state index is 5.72. The summed E-state index contributed by atoms with van der Waals surface area (Å²) >= 11 is 0. The molecular weight excluding hydrogens is 438 g/mol. The Kier molecular flexibility index (Phi) is 9.39. The number of nitrogens with zero attached hydrogens (tertiary/aromatic N) is 1. The second-order valence-corrected chi connectivity index (χ2v) is 12.8. The van der Waals surface area contributed by atoms with Crippen LogP contribution in [0, 0.1) is 30.6 Å². The lowest BCUT2D eigenvalue weighted by atomic mass is 9.69. The van der Waals surface area contributed by atoms with E-state index in [4.69, 9.17) is 9.72 Å². The number of pyridine rings is 1. The number of ether oxygens (including phenoxy) is 1. The summed E-state index contributed by atoms with van der Waals surface area (Å²) in [5.41, 5.74) is 5.76. The van der Waals surface area contributed by atoms with Crippen LogP contribution in [-0.4, -0.2) is 18.2 Å². The van der Waals surface area contributed by atoms with Crippen LogP contribution in [0.4, 0.5) is 0 Å². The van der Waals surface area contributed by atoms with Gasteiger partial charge >= 0.3 is 0 Å². The molecule has 1 aliphatic heterocycles. The van der Waals surface area contributed by atoms with E-state index in [-0.39, 0.29) is 0 Å². The summed E-state index contributed by atoms with van der Waals surface area (Å²) in [7, 11) is 0. The Bertz CT molecular complexity index is 957. The van der Waals surface area contributed by atoms with Gasteiger partial charge in [0.2, 0.25) is 0 Å². The van der Waals surface area contributed by atoms with E-state index in [9.17, 15) is 0 Å². The molecule has 2 heteroatoms. The number of rotatable bonds is 6. The summed E-state index contributed by atoms with van der Waals surface area (Å²) < 4.78 is 5.72. The molecule has 36 heavy (non-hydrogen) atoms. The third-order valence-electron chi connectivity index (χ3n) is 10.2. The highest BCUT2D eigenvalue weighted by atomic mass is 16.5. The number of hydrogen-bond donors (Lipinski definition) is 0. The van der Waals surface area contributed by atoms with Crippen molar-refractivity contribution in [3.63, 3.8) is 0 Å². The summed E-state index contributed by atoms with van der Waals surface area (Å²) in [5, 5.41) is 1.45. The molecule has 198 valence electrons. The standard InChI is InChI=1S/C34H51NO/c1-25-12-19-33-32(22-25)34-30(10-7-11-31(34)24-35-33)18-17-29-16-15-28(23-26(29)2)14-13-27-8-3-5-20-36-21-6-4-9-27/h12,19,22,24,26-30H,3-11,13-18,20-21,23H2,1-2H3. The van der Waals surface area contributed by atoms with E-state index in [0.717, 1.165) is 42.8 Å². The van der Waals surface area contributed by atoms with E-state index >= 15 is 0 Å². The molecule has 3 aliphatic rings. The van der Waals surface area contributed by atoms with Gasteiger partial charge in [-0.3, -0.25) is 4.98 Å². The SMILES string of the molecule is Cc1ccc2ncc3c(c2c1)C(CCC1CCC(CCC2CCCCOCCCC2)CC1C)CCC3. The quantitative estimate of drug-likeness (QED) is 0.403. The van der Waals surface area contributed by atoms with Gasteiger partial charge in [-0.25, -0.2) is 0 Å². The zero-order chi connectivity index (χ0) is 24.7. The van der Waals surface area contributed by atoms with Crippen molar-refractivity contribution in [2.24, 2.45) is 23.7 Å². The van der Waals surface area contributed by atoms with Crippen LogP contribution in [-0.2, 0) is 11.2 Å². The van der Waals surface area contributed by atoms with Crippen LogP contribution in [0.2, 0.25) is 0 Å². The normalized spacial score (nSPS) is 28.6. The van der Waals surface area contributed by atoms with E-state index in [1.54, 1.807) is 5.56 Å². The molecule has 4 atom stereocenters.